The highest BCUT2D eigenvalue weighted by atomic mass is 35.5. The van der Waals surface area contributed by atoms with Gasteiger partial charge < -0.3 is 14.0 Å². The number of aromatic nitrogens is 4. The van der Waals surface area contributed by atoms with Gasteiger partial charge in [0.2, 0.25) is 5.28 Å². The minimum Gasteiger partial charge on any atom is -0.490 e. The first-order valence-corrected chi connectivity index (χ1v) is 9.95. The lowest BCUT2D eigenvalue weighted by atomic mass is 10.3. The van der Waals surface area contributed by atoms with E-state index in [1.165, 1.54) is 0 Å². The molecule has 1 aliphatic rings. The van der Waals surface area contributed by atoms with Crippen LogP contribution in [0.5, 0.6) is 5.75 Å². The van der Waals surface area contributed by atoms with Gasteiger partial charge in [-0.15, -0.1) is 11.8 Å². The smallest absolute Gasteiger partial charge is 0.225 e. The number of fused-ring (bicyclic) bond motifs is 2. The van der Waals surface area contributed by atoms with Crippen molar-refractivity contribution < 1.29 is 9.47 Å². The van der Waals surface area contributed by atoms with Crippen LogP contribution in [0.3, 0.4) is 0 Å². The van der Waals surface area contributed by atoms with E-state index >= 15 is 0 Å². The third-order valence-corrected chi connectivity index (χ3v) is 5.61. The molecule has 0 saturated heterocycles. The van der Waals surface area contributed by atoms with E-state index in [0.29, 0.717) is 30.9 Å². The molecule has 4 rings (SSSR count). The van der Waals surface area contributed by atoms with Crippen LogP contribution >= 0.6 is 35.0 Å². The van der Waals surface area contributed by atoms with Gasteiger partial charge in [0.05, 0.1) is 6.33 Å². The zero-order valence-corrected chi connectivity index (χ0v) is 16.1. The van der Waals surface area contributed by atoms with Crippen molar-refractivity contribution in [3.63, 3.8) is 0 Å². The molecule has 0 spiro atoms. The van der Waals surface area contributed by atoms with Crippen LogP contribution in [0.1, 0.15) is 6.42 Å². The van der Waals surface area contributed by atoms with Crippen LogP contribution in [0.4, 0.5) is 0 Å². The summed E-state index contributed by atoms with van der Waals surface area (Å²) < 4.78 is 13.7. The largest absolute Gasteiger partial charge is 0.490 e. The van der Waals surface area contributed by atoms with E-state index in [4.69, 9.17) is 32.7 Å². The Morgan fingerprint density at radius 2 is 2.15 bits per heavy atom. The zero-order chi connectivity index (χ0) is 17.9. The number of benzene rings is 1. The summed E-state index contributed by atoms with van der Waals surface area (Å²) in [4.78, 5) is 13.5. The van der Waals surface area contributed by atoms with E-state index in [1.54, 1.807) is 18.1 Å². The molecular weight excluding hydrogens is 395 g/mol. The maximum absolute atomic E-state index is 6.04. The van der Waals surface area contributed by atoms with Gasteiger partial charge >= 0.3 is 0 Å². The first-order valence-electron chi connectivity index (χ1n) is 8.21. The molecule has 0 bridgehead atoms. The summed E-state index contributed by atoms with van der Waals surface area (Å²) in [6.07, 6.45) is 2.58. The number of para-hydroxylation sites is 1. The molecule has 9 heteroatoms. The van der Waals surface area contributed by atoms with E-state index in [-0.39, 0.29) is 16.5 Å². The van der Waals surface area contributed by atoms with Crippen molar-refractivity contribution in [3.05, 3.63) is 41.0 Å². The number of imidazole rings is 1. The van der Waals surface area contributed by atoms with Gasteiger partial charge in [-0.25, -0.2) is 9.97 Å². The number of aryl methyl sites for hydroxylation is 1. The molecule has 6 nitrogen and oxygen atoms in total. The number of thioether (sulfide) groups is 1. The molecule has 136 valence electrons. The molecule has 0 fully saturated rings. The van der Waals surface area contributed by atoms with Crippen LogP contribution in [0.15, 0.2) is 35.5 Å². The zero-order valence-electron chi connectivity index (χ0n) is 13.8. The predicted molar refractivity (Wildman–Crippen MR) is 102 cm³/mol. The maximum atomic E-state index is 6.04. The van der Waals surface area contributed by atoms with Crippen molar-refractivity contribution in [2.24, 2.45) is 0 Å². The van der Waals surface area contributed by atoms with Crippen molar-refractivity contribution in [2.45, 2.75) is 24.0 Å². The normalized spacial score (nSPS) is 16.9. The minimum atomic E-state index is 0.0677. The second kappa shape index (κ2) is 8.00. The molecule has 3 aromatic rings. The Morgan fingerprint density at radius 3 is 3.08 bits per heavy atom. The van der Waals surface area contributed by atoms with E-state index in [2.05, 4.69) is 21.0 Å². The third-order valence-electron chi connectivity index (χ3n) is 3.99. The maximum Gasteiger partial charge on any atom is 0.225 e. The Bertz CT molecular complexity index is 894. The summed E-state index contributed by atoms with van der Waals surface area (Å²) in [5.74, 6) is 1.81. The van der Waals surface area contributed by atoms with E-state index in [1.807, 2.05) is 22.8 Å². The number of nitrogens with zero attached hydrogens (tertiary/aromatic N) is 4. The second-order valence-corrected chi connectivity index (χ2v) is 7.57. The van der Waals surface area contributed by atoms with Gasteiger partial charge in [-0.1, -0.05) is 23.7 Å². The first-order chi connectivity index (χ1) is 12.7. The fourth-order valence-corrected chi connectivity index (χ4v) is 4.15. The monoisotopic (exact) mass is 410 g/mol. The van der Waals surface area contributed by atoms with Crippen molar-refractivity contribution in [1.29, 1.82) is 0 Å². The molecular formula is C17H16Cl2N4O2S. The predicted octanol–water partition coefficient (Wildman–Crippen LogP) is 4.09. The molecule has 26 heavy (non-hydrogen) atoms. The first kappa shape index (κ1) is 17.9. The molecule has 0 radical (unpaired) electrons. The average Bonchev–Trinajstić information content (AvgIpc) is 2.92. The van der Waals surface area contributed by atoms with Crippen molar-refractivity contribution >= 4 is 46.1 Å². The Labute approximate surface area is 164 Å². The molecule has 1 aromatic carbocycles. The fourth-order valence-electron chi connectivity index (χ4n) is 2.73. The van der Waals surface area contributed by atoms with Crippen LogP contribution in [-0.4, -0.2) is 44.6 Å². The fraction of sp³-hybridized carbons (Fsp3) is 0.353. The summed E-state index contributed by atoms with van der Waals surface area (Å²) in [5, 5.41) is 0.384. The van der Waals surface area contributed by atoms with Gasteiger partial charge in [-0.05, 0) is 30.2 Å². The molecule has 0 N–H and O–H groups in total. The number of halogens is 2. The number of hydrogen-bond acceptors (Lipinski definition) is 6. The Morgan fingerprint density at radius 1 is 1.27 bits per heavy atom. The lowest BCUT2D eigenvalue weighted by Gasteiger charge is -2.15. The summed E-state index contributed by atoms with van der Waals surface area (Å²) in [5.41, 5.74) is 1.20. The Hall–Kier alpha value is -1.54. The second-order valence-electron chi connectivity index (χ2n) is 5.81. The molecule has 1 unspecified atom stereocenters. The van der Waals surface area contributed by atoms with Crippen LogP contribution in [0, 0.1) is 0 Å². The summed E-state index contributed by atoms with van der Waals surface area (Å²) in [7, 11) is 0. The van der Waals surface area contributed by atoms with Gasteiger partial charge in [0.15, 0.2) is 10.8 Å². The van der Waals surface area contributed by atoms with E-state index in [0.717, 1.165) is 22.8 Å². The van der Waals surface area contributed by atoms with Crippen LogP contribution in [0.25, 0.3) is 11.2 Å². The molecule has 0 saturated carbocycles. The van der Waals surface area contributed by atoms with Crippen molar-refractivity contribution in [2.75, 3.05) is 19.0 Å². The summed E-state index contributed by atoms with van der Waals surface area (Å²) >= 11 is 13.7. The van der Waals surface area contributed by atoms with Crippen LogP contribution in [0.2, 0.25) is 10.4 Å². The van der Waals surface area contributed by atoms with Gasteiger partial charge in [-0.2, -0.15) is 4.98 Å². The summed E-state index contributed by atoms with van der Waals surface area (Å²) in [6, 6.07) is 8.07. The lowest BCUT2D eigenvalue weighted by Crippen LogP contribution is -2.23. The summed E-state index contributed by atoms with van der Waals surface area (Å²) in [6.45, 7) is 1.90. The highest BCUT2D eigenvalue weighted by Crippen LogP contribution is 2.32. The molecule has 0 amide bonds. The quantitative estimate of drug-likeness (QED) is 0.358. The van der Waals surface area contributed by atoms with Crippen LogP contribution in [-0.2, 0) is 11.3 Å². The van der Waals surface area contributed by atoms with Gasteiger partial charge in [0, 0.05) is 23.8 Å². The van der Waals surface area contributed by atoms with Crippen molar-refractivity contribution in [1.82, 2.24) is 19.5 Å². The molecule has 2 aromatic heterocycles. The average molecular weight is 411 g/mol. The van der Waals surface area contributed by atoms with E-state index < -0.39 is 0 Å². The van der Waals surface area contributed by atoms with Crippen molar-refractivity contribution in [3.8, 4) is 5.75 Å². The standard InChI is InChI=1S/C17H16Cl2N4O2S/c18-15-14-16(22-17(19)21-15)23(10-20-14)6-3-7-24-11-8-25-12-4-1-2-5-13(12)26-9-11/h1-2,4-5,10-11H,3,6-9H2. The Balaban J connectivity index is 1.30. The Kier molecular flexibility index (Phi) is 5.49. The number of rotatable bonds is 5. The third kappa shape index (κ3) is 3.91. The molecule has 0 aliphatic carbocycles. The molecule has 1 atom stereocenters. The lowest BCUT2D eigenvalue weighted by molar-refractivity contribution is 0.0335. The van der Waals surface area contributed by atoms with Gasteiger partial charge in [0.25, 0.3) is 0 Å². The number of hydrogen-bond donors (Lipinski definition) is 0. The minimum absolute atomic E-state index is 0.0677. The SMILES string of the molecule is Clc1nc(Cl)c2ncn(CCCOC3COc4ccccc4SC3)c2n1. The topological polar surface area (TPSA) is 62.1 Å². The highest BCUT2D eigenvalue weighted by Gasteiger charge is 2.18. The molecule has 1 aliphatic heterocycles. The van der Waals surface area contributed by atoms with E-state index in [9.17, 15) is 0 Å². The molecule has 3 heterocycles. The highest BCUT2D eigenvalue weighted by molar-refractivity contribution is 7.99. The van der Waals surface area contributed by atoms with Gasteiger partial charge in [0.1, 0.15) is 24.0 Å². The van der Waals surface area contributed by atoms with Crippen LogP contribution < -0.4 is 4.74 Å². The number of ether oxygens (including phenoxy) is 2. The van der Waals surface area contributed by atoms with Gasteiger partial charge in [-0.3, -0.25) is 0 Å².